The van der Waals surface area contributed by atoms with Crippen molar-refractivity contribution in [1.82, 2.24) is 0 Å². The molecule has 2 heteroatoms. The fraction of sp³-hybridized carbons (Fsp3) is 0.500. The summed E-state index contributed by atoms with van der Waals surface area (Å²) in [4.78, 5) is 13.2. The normalized spacial score (nSPS) is 11.1. The van der Waals surface area contributed by atoms with Gasteiger partial charge in [0.25, 0.3) is 0 Å². The molecule has 0 aliphatic heterocycles. The lowest BCUT2D eigenvalue weighted by atomic mass is 10.0. The van der Waals surface area contributed by atoms with Gasteiger partial charge in [-0.1, -0.05) is 45.9 Å². The van der Waals surface area contributed by atoms with Gasteiger partial charge in [0.05, 0.1) is 0 Å². The molecular weight excluding hydrogens is 216 g/mol. The first kappa shape index (κ1) is 13.3. The van der Waals surface area contributed by atoms with Crippen LogP contribution < -0.4 is 0 Å². The molecule has 0 saturated carbocycles. The molecule has 88 valence electrons. The Hall–Kier alpha value is -0.760. The van der Waals surface area contributed by atoms with E-state index in [1.807, 2.05) is 24.3 Å². The van der Waals surface area contributed by atoms with E-state index in [1.54, 1.807) is 11.8 Å². The fourth-order valence-electron chi connectivity index (χ4n) is 1.53. The second-order valence-electron chi connectivity index (χ2n) is 4.68. The lowest BCUT2D eigenvalue weighted by molar-refractivity contribution is 0.0965. The van der Waals surface area contributed by atoms with Crippen LogP contribution in [0, 0.1) is 5.92 Å². The van der Waals surface area contributed by atoms with Crippen molar-refractivity contribution in [2.45, 2.75) is 44.3 Å². The van der Waals surface area contributed by atoms with Gasteiger partial charge in [-0.3, -0.25) is 4.79 Å². The Balaban J connectivity index is 2.89. The molecule has 0 spiro atoms. The Bertz CT molecular complexity index is 356. The number of benzene rings is 1. The number of ketones is 1. The van der Waals surface area contributed by atoms with E-state index in [4.69, 9.17) is 0 Å². The van der Waals surface area contributed by atoms with Crippen LogP contribution in [0.3, 0.4) is 0 Å². The highest BCUT2D eigenvalue weighted by molar-refractivity contribution is 8.00. The van der Waals surface area contributed by atoms with Gasteiger partial charge in [0.2, 0.25) is 0 Å². The number of hydrogen-bond donors (Lipinski definition) is 0. The first-order valence-corrected chi connectivity index (χ1v) is 6.67. The summed E-state index contributed by atoms with van der Waals surface area (Å²) in [5.74, 6) is 0.684. The number of thioether (sulfide) groups is 1. The zero-order valence-corrected chi connectivity index (χ0v) is 11.3. The Morgan fingerprint density at radius 3 is 2.38 bits per heavy atom. The zero-order chi connectivity index (χ0) is 12.1. The molecule has 0 aliphatic carbocycles. The predicted molar refractivity (Wildman–Crippen MR) is 71.2 cm³/mol. The van der Waals surface area contributed by atoms with Crippen LogP contribution in [0.4, 0.5) is 0 Å². The van der Waals surface area contributed by atoms with E-state index in [0.29, 0.717) is 17.6 Å². The van der Waals surface area contributed by atoms with Crippen LogP contribution >= 0.6 is 11.8 Å². The van der Waals surface area contributed by atoms with Crippen molar-refractivity contribution >= 4 is 17.5 Å². The van der Waals surface area contributed by atoms with E-state index in [-0.39, 0.29) is 5.78 Å². The highest BCUT2D eigenvalue weighted by Crippen LogP contribution is 2.27. The number of carbonyl (C=O) groups is 1. The van der Waals surface area contributed by atoms with Crippen LogP contribution in [0.1, 0.15) is 44.5 Å². The molecule has 0 fully saturated rings. The smallest absolute Gasteiger partial charge is 0.164 e. The molecule has 0 N–H and O–H groups in total. The summed E-state index contributed by atoms with van der Waals surface area (Å²) in [5, 5.41) is 0.507. The number of rotatable bonds is 5. The summed E-state index contributed by atoms with van der Waals surface area (Å²) in [7, 11) is 0. The number of Topliss-reactive ketones (excluding diaryl/α,β-unsaturated/α-hetero) is 1. The minimum Gasteiger partial charge on any atom is -0.294 e. The van der Waals surface area contributed by atoms with Gasteiger partial charge < -0.3 is 0 Å². The molecule has 0 amide bonds. The average molecular weight is 236 g/mol. The summed E-state index contributed by atoms with van der Waals surface area (Å²) in [6.07, 6.45) is 0.635. The summed E-state index contributed by atoms with van der Waals surface area (Å²) in [6.45, 7) is 8.45. The maximum atomic E-state index is 12.0. The molecular formula is C14H20OS. The molecule has 0 bridgehead atoms. The van der Waals surface area contributed by atoms with Crippen molar-refractivity contribution < 1.29 is 4.79 Å². The van der Waals surface area contributed by atoms with E-state index in [2.05, 4.69) is 27.7 Å². The van der Waals surface area contributed by atoms with Gasteiger partial charge >= 0.3 is 0 Å². The predicted octanol–water partition coefficient (Wildman–Crippen LogP) is 4.42. The fourth-order valence-corrected chi connectivity index (χ4v) is 2.51. The monoisotopic (exact) mass is 236 g/mol. The van der Waals surface area contributed by atoms with E-state index >= 15 is 0 Å². The van der Waals surface area contributed by atoms with Crippen molar-refractivity contribution in [2.75, 3.05) is 0 Å². The first-order valence-electron chi connectivity index (χ1n) is 5.79. The third kappa shape index (κ3) is 4.01. The van der Waals surface area contributed by atoms with Gasteiger partial charge in [0.15, 0.2) is 5.78 Å². The third-order valence-corrected chi connectivity index (χ3v) is 3.23. The molecule has 0 unspecified atom stereocenters. The standard InChI is InChI=1S/C14H20OS/c1-10(2)9-13(15)12-7-5-6-8-14(12)16-11(3)4/h5-8,10-11H,9H2,1-4H3. The van der Waals surface area contributed by atoms with Crippen molar-refractivity contribution in [3.05, 3.63) is 29.8 Å². The SMILES string of the molecule is CC(C)CC(=O)c1ccccc1SC(C)C. The number of hydrogen-bond acceptors (Lipinski definition) is 2. The van der Waals surface area contributed by atoms with Gasteiger partial charge in [-0.15, -0.1) is 11.8 Å². The Morgan fingerprint density at radius 1 is 1.19 bits per heavy atom. The molecule has 0 atom stereocenters. The highest BCUT2D eigenvalue weighted by atomic mass is 32.2. The quantitative estimate of drug-likeness (QED) is 0.556. The van der Waals surface area contributed by atoms with Crippen LogP contribution in [0.2, 0.25) is 0 Å². The summed E-state index contributed by atoms with van der Waals surface area (Å²) >= 11 is 1.76. The van der Waals surface area contributed by atoms with Gasteiger partial charge in [-0.05, 0) is 12.0 Å². The van der Waals surface area contributed by atoms with Crippen LogP contribution in [0.15, 0.2) is 29.2 Å². The molecule has 0 radical (unpaired) electrons. The Labute approximate surface area is 103 Å². The van der Waals surface area contributed by atoms with Crippen molar-refractivity contribution in [2.24, 2.45) is 5.92 Å². The van der Waals surface area contributed by atoms with Gasteiger partial charge in [0.1, 0.15) is 0 Å². The van der Waals surface area contributed by atoms with Crippen molar-refractivity contribution in [3.8, 4) is 0 Å². The zero-order valence-electron chi connectivity index (χ0n) is 10.5. The molecule has 1 aromatic carbocycles. The molecule has 1 aromatic rings. The lowest BCUT2D eigenvalue weighted by Crippen LogP contribution is -2.05. The molecule has 0 saturated heterocycles. The van der Waals surface area contributed by atoms with E-state index in [1.165, 1.54) is 0 Å². The highest BCUT2D eigenvalue weighted by Gasteiger charge is 2.13. The lowest BCUT2D eigenvalue weighted by Gasteiger charge is -2.11. The Kier molecular flexibility index (Phi) is 5.07. The van der Waals surface area contributed by atoms with Crippen molar-refractivity contribution in [1.29, 1.82) is 0 Å². The van der Waals surface area contributed by atoms with Gasteiger partial charge in [-0.2, -0.15) is 0 Å². The van der Waals surface area contributed by atoms with E-state index < -0.39 is 0 Å². The topological polar surface area (TPSA) is 17.1 Å². The maximum absolute atomic E-state index is 12.0. The van der Waals surface area contributed by atoms with Gasteiger partial charge in [-0.25, -0.2) is 0 Å². The van der Waals surface area contributed by atoms with Crippen LogP contribution in [0.25, 0.3) is 0 Å². The Morgan fingerprint density at radius 2 is 1.81 bits per heavy atom. The van der Waals surface area contributed by atoms with Crippen molar-refractivity contribution in [3.63, 3.8) is 0 Å². The number of carbonyl (C=O) groups excluding carboxylic acids is 1. The second kappa shape index (κ2) is 6.09. The van der Waals surface area contributed by atoms with E-state index in [0.717, 1.165) is 10.5 Å². The largest absolute Gasteiger partial charge is 0.294 e. The molecule has 16 heavy (non-hydrogen) atoms. The first-order chi connectivity index (χ1) is 7.50. The molecule has 1 nitrogen and oxygen atoms in total. The molecule has 0 aliphatic rings. The minimum absolute atomic E-state index is 0.263. The van der Waals surface area contributed by atoms with Gasteiger partial charge in [0, 0.05) is 22.1 Å². The van der Waals surface area contributed by atoms with Crippen LogP contribution in [-0.2, 0) is 0 Å². The maximum Gasteiger partial charge on any atom is 0.164 e. The van der Waals surface area contributed by atoms with Crippen LogP contribution in [-0.4, -0.2) is 11.0 Å². The van der Waals surface area contributed by atoms with Crippen LogP contribution in [0.5, 0.6) is 0 Å². The molecule has 1 rings (SSSR count). The molecule has 0 heterocycles. The van der Waals surface area contributed by atoms with E-state index in [9.17, 15) is 4.79 Å². The summed E-state index contributed by atoms with van der Waals surface area (Å²) in [6, 6.07) is 7.92. The third-order valence-electron chi connectivity index (χ3n) is 2.14. The minimum atomic E-state index is 0.263. The average Bonchev–Trinajstić information content (AvgIpc) is 2.16. The summed E-state index contributed by atoms with van der Waals surface area (Å²) in [5.41, 5.74) is 0.884. The molecule has 0 aromatic heterocycles. The second-order valence-corrected chi connectivity index (χ2v) is 6.30. The summed E-state index contributed by atoms with van der Waals surface area (Å²) < 4.78 is 0.